The van der Waals surface area contributed by atoms with Gasteiger partial charge in [0, 0.05) is 24.3 Å². The van der Waals surface area contributed by atoms with Gasteiger partial charge in [-0.25, -0.2) is 13.1 Å². The molecule has 0 bridgehead atoms. The minimum absolute atomic E-state index is 0.0281. The van der Waals surface area contributed by atoms with Gasteiger partial charge in [-0.1, -0.05) is 34.8 Å². The second kappa shape index (κ2) is 7.19. The van der Waals surface area contributed by atoms with Crippen molar-refractivity contribution in [3.63, 3.8) is 0 Å². The number of aromatic nitrogens is 2. The molecule has 0 spiro atoms. The lowest BCUT2D eigenvalue weighted by Gasteiger charge is -2.08. The Hall–Kier alpha value is -0.790. The van der Waals surface area contributed by atoms with Crippen LogP contribution in [0.15, 0.2) is 29.3 Å². The number of nitrogens with zero attached hydrogens (tertiary/aromatic N) is 2. The highest BCUT2D eigenvalue weighted by molar-refractivity contribution is 7.89. The van der Waals surface area contributed by atoms with Gasteiger partial charge in [0.2, 0.25) is 10.0 Å². The molecule has 1 N–H and O–H groups in total. The molecule has 1 heterocycles. The smallest absolute Gasteiger partial charge is 0.242 e. The van der Waals surface area contributed by atoms with E-state index in [1.165, 1.54) is 18.2 Å². The number of benzene rings is 1. The predicted octanol–water partition coefficient (Wildman–Crippen LogP) is 3.52. The zero-order chi connectivity index (χ0) is 16.3. The molecule has 9 heteroatoms. The average molecular weight is 383 g/mol. The van der Waals surface area contributed by atoms with E-state index >= 15 is 0 Å². The average Bonchev–Trinajstić information content (AvgIpc) is 2.76. The van der Waals surface area contributed by atoms with E-state index in [9.17, 15) is 8.42 Å². The lowest BCUT2D eigenvalue weighted by molar-refractivity contribution is 0.551. The van der Waals surface area contributed by atoms with Gasteiger partial charge in [0.05, 0.1) is 15.7 Å². The number of aryl methyl sites for hydroxylation is 2. The molecular formula is C13H14Cl3N3O2S. The van der Waals surface area contributed by atoms with E-state index in [0.29, 0.717) is 23.0 Å². The molecule has 0 fully saturated rings. The maximum absolute atomic E-state index is 12.2. The largest absolute Gasteiger partial charge is 0.271 e. The van der Waals surface area contributed by atoms with Gasteiger partial charge in [-0.15, -0.1) is 0 Å². The minimum atomic E-state index is -3.69. The second-order valence-corrected chi connectivity index (χ2v) is 7.64. The Morgan fingerprint density at radius 1 is 1.23 bits per heavy atom. The molecule has 120 valence electrons. The molecule has 1 aromatic heterocycles. The Morgan fingerprint density at radius 3 is 2.59 bits per heavy atom. The molecular weight excluding hydrogens is 369 g/mol. The molecule has 0 radical (unpaired) electrons. The first-order chi connectivity index (χ1) is 10.3. The minimum Gasteiger partial charge on any atom is -0.271 e. The number of rotatable bonds is 6. The lowest BCUT2D eigenvalue weighted by Crippen LogP contribution is -2.26. The first kappa shape index (κ1) is 17.6. The molecule has 5 nitrogen and oxygen atoms in total. The van der Waals surface area contributed by atoms with Crippen LogP contribution in [0.4, 0.5) is 0 Å². The molecule has 0 aliphatic rings. The van der Waals surface area contributed by atoms with E-state index in [2.05, 4.69) is 9.82 Å². The SMILES string of the molecule is Cc1nn(CCCNS(=O)(=O)c2cc(Cl)ccc2Cl)cc1Cl. The van der Waals surface area contributed by atoms with Crippen LogP contribution in [0.2, 0.25) is 15.1 Å². The Morgan fingerprint density at radius 2 is 1.95 bits per heavy atom. The first-order valence-electron chi connectivity index (χ1n) is 6.44. The van der Waals surface area contributed by atoms with Crippen molar-refractivity contribution >= 4 is 44.8 Å². The van der Waals surface area contributed by atoms with Crippen molar-refractivity contribution in [2.24, 2.45) is 0 Å². The maximum atomic E-state index is 12.2. The summed E-state index contributed by atoms with van der Waals surface area (Å²) in [6.07, 6.45) is 2.27. The molecule has 2 rings (SSSR count). The standard InChI is InChI=1S/C13H14Cl3N3O2S/c1-9-12(16)8-19(18-9)6-2-5-17-22(20,21)13-7-10(14)3-4-11(13)15/h3-4,7-8,17H,2,5-6H2,1H3. The van der Waals surface area contributed by atoms with Crippen molar-refractivity contribution in [1.29, 1.82) is 0 Å². The highest BCUT2D eigenvalue weighted by Crippen LogP contribution is 2.24. The van der Waals surface area contributed by atoms with E-state index in [4.69, 9.17) is 34.8 Å². The van der Waals surface area contributed by atoms with Crippen LogP contribution in [-0.4, -0.2) is 24.7 Å². The fraction of sp³-hybridized carbons (Fsp3) is 0.308. The van der Waals surface area contributed by atoms with E-state index in [-0.39, 0.29) is 16.5 Å². The van der Waals surface area contributed by atoms with E-state index in [1.54, 1.807) is 10.9 Å². The molecule has 22 heavy (non-hydrogen) atoms. The zero-order valence-corrected chi connectivity index (χ0v) is 14.8. The molecule has 0 aliphatic carbocycles. The second-order valence-electron chi connectivity index (χ2n) is 4.65. The van der Waals surface area contributed by atoms with Gasteiger partial charge in [0.25, 0.3) is 0 Å². The number of nitrogens with one attached hydrogen (secondary N) is 1. The summed E-state index contributed by atoms with van der Waals surface area (Å²) in [6, 6.07) is 4.31. The van der Waals surface area contributed by atoms with E-state index < -0.39 is 10.0 Å². The number of sulfonamides is 1. The summed E-state index contributed by atoms with van der Waals surface area (Å²) in [5.41, 5.74) is 0.743. The zero-order valence-electron chi connectivity index (χ0n) is 11.7. The summed E-state index contributed by atoms with van der Waals surface area (Å²) in [4.78, 5) is -0.0281. The summed E-state index contributed by atoms with van der Waals surface area (Å²) in [6.45, 7) is 2.61. The van der Waals surface area contributed by atoms with Gasteiger partial charge in [0.1, 0.15) is 4.90 Å². The van der Waals surface area contributed by atoms with Gasteiger partial charge < -0.3 is 0 Å². The summed E-state index contributed by atoms with van der Waals surface area (Å²) in [5, 5.41) is 5.23. The number of hydrogen-bond donors (Lipinski definition) is 1. The van der Waals surface area contributed by atoms with Crippen LogP contribution < -0.4 is 4.72 Å². The molecule has 1 aromatic carbocycles. The number of hydrogen-bond acceptors (Lipinski definition) is 3. The van der Waals surface area contributed by atoms with Gasteiger partial charge in [-0.2, -0.15) is 5.10 Å². The Kier molecular flexibility index (Phi) is 5.74. The van der Waals surface area contributed by atoms with Crippen molar-refractivity contribution in [1.82, 2.24) is 14.5 Å². The molecule has 0 saturated heterocycles. The highest BCUT2D eigenvalue weighted by Gasteiger charge is 2.17. The fourth-order valence-corrected chi connectivity index (χ4v) is 3.80. The topological polar surface area (TPSA) is 64.0 Å². The van der Waals surface area contributed by atoms with Crippen molar-refractivity contribution in [3.8, 4) is 0 Å². The summed E-state index contributed by atoms with van der Waals surface area (Å²) in [7, 11) is -3.69. The quantitative estimate of drug-likeness (QED) is 0.777. The summed E-state index contributed by atoms with van der Waals surface area (Å²) in [5.74, 6) is 0. The van der Waals surface area contributed by atoms with Crippen LogP contribution >= 0.6 is 34.8 Å². The van der Waals surface area contributed by atoms with Gasteiger partial charge in [0.15, 0.2) is 0 Å². The molecule has 0 unspecified atom stereocenters. The van der Waals surface area contributed by atoms with E-state index in [0.717, 1.165) is 5.69 Å². The van der Waals surface area contributed by atoms with Crippen molar-refractivity contribution < 1.29 is 8.42 Å². The van der Waals surface area contributed by atoms with Crippen molar-refractivity contribution in [2.45, 2.75) is 24.8 Å². The number of halogens is 3. The summed E-state index contributed by atoms with van der Waals surface area (Å²) < 4.78 is 28.5. The third-order valence-corrected chi connectivity index (χ3v) is 5.47. The highest BCUT2D eigenvalue weighted by atomic mass is 35.5. The normalized spacial score (nSPS) is 11.8. The van der Waals surface area contributed by atoms with E-state index in [1.807, 2.05) is 6.92 Å². The van der Waals surface area contributed by atoms with Gasteiger partial charge >= 0.3 is 0 Å². The van der Waals surface area contributed by atoms with Crippen LogP contribution in [-0.2, 0) is 16.6 Å². The van der Waals surface area contributed by atoms with Crippen LogP contribution in [0.25, 0.3) is 0 Å². The Balaban J connectivity index is 1.94. The van der Waals surface area contributed by atoms with Crippen LogP contribution in [0.3, 0.4) is 0 Å². The molecule has 0 atom stereocenters. The maximum Gasteiger partial charge on any atom is 0.242 e. The Labute approximate surface area is 144 Å². The summed E-state index contributed by atoms with van der Waals surface area (Å²) >= 11 is 17.6. The predicted molar refractivity (Wildman–Crippen MR) is 88.2 cm³/mol. The Bertz CT molecular complexity index is 755. The third-order valence-electron chi connectivity index (χ3n) is 2.93. The monoisotopic (exact) mass is 381 g/mol. The fourth-order valence-electron chi connectivity index (χ4n) is 1.82. The van der Waals surface area contributed by atoms with Gasteiger partial charge in [-0.3, -0.25) is 4.68 Å². The lowest BCUT2D eigenvalue weighted by atomic mass is 10.4. The molecule has 0 aliphatic heterocycles. The third kappa shape index (κ3) is 4.36. The molecule has 0 saturated carbocycles. The molecule has 2 aromatic rings. The van der Waals surface area contributed by atoms with Crippen molar-refractivity contribution in [3.05, 3.63) is 45.2 Å². The van der Waals surface area contributed by atoms with Crippen LogP contribution in [0.5, 0.6) is 0 Å². The first-order valence-corrected chi connectivity index (χ1v) is 9.05. The van der Waals surface area contributed by atoms with Gasteiger partial charge in [-0.05, 0) is 31.5 Å². The van der Waals surface area contributed by atoms with Crippen molar-refractivity contribution in [2.75, 3.05) is 6.54 Å². The van der Waals surface area contributed by atoms with Crippen LogP contribution in [0.1, 0.15) is 12.1 Å². The molecule has 0 amide bonds. The van der Waals surface area contributed by atoms with Crippen LogP contribution in [0, 0.1) is 6.92 Å².